The van der Waals surface area contributed by atoms with Crippen molar-refractivity contribution < 1.29 is 4.79 Å². The zero-order valence-corrected chi connectivity index (χ0v) is 12.7. The highest BCUT2D eigenvalue weighted by Crippen LogP contribution is 2.16. The zero-order valence-electron chi connectivity index (χ0n) is 8.99. The molecule has 0 aliphatic heterocycles. The Labute approximate surface area is 123 Å². The first-order valence-electron chi connectivity index (χ1n) is 5.19. The Balaban J connectivity index is 2.17. The van der Waals surface area contributed by atoms with E-state index in [0.29, 0.717) is 6.42 Å². The van der Waals surface area contributed by atoms with E-state index in [1.807, 2.05) is 48.5 Å². The number of rotatable bonds is 3. The molecule has 0 spiro atoms. The molecule has 0 aliphatic rings. The van der Waals surface area contributed by atoms with Gasteiger partial charge in [-0.25, -0.2) is 0 Å². The Morgan fingerprint density at radius 3 is 2.35 bits per heavy atom. The molecule has 0 unspecified atom stereocenters. The number of carbonyl (C=O) groups excluding carboxylic acids is 1. The molecular formula is C14H10BrIO. The lowest BCUT2D eigenvalue weighted by Crippen LogP contribution is -2.05. The number of Topliss-reactive ketones (excluding diaryl/α,β-unsaturated/α-hetero) is 1. The molecule has 0 aliphatic carbocycles. The molecule has 3 heteroatoms. The lowest BCUT2D eigenvalue weighted by atomic mass is 10.0. The minimum Gasteiger partial charge on any atom is -0.294 e. The summed E-state index contributed by atoms with van der Waals surface area (Å²) in [5, 5.41) is 0. The lowest BCUT2D eigenvalue weighted by molar-refractivity contribution is 0.0992. The van der Waals surface area contributed by atoms with Gasteiger partial charge in [0.2, 0.25) is 0 Å². The maximum absolute atomic E-state index is 12.1. The maximum Gasteiger partial charge on any atom is 0.168 e. The molecule has 0 heterocycles. The van der Waals surface area contributed by atoms with Crippen molar-refractivity contribution in [1.29, 1.82) is 0 Å². The molecule has 0 radical (unpaired) electrons. The second kappa shape index (κ2) is 5.78. The molecule has 0 aromatic heterocycles. The third-order valence-corrected chi connectivity index (χ3v) is 3.92. The maximum atomic E-state index is 12.1. The van der Waals surface area contributed by atoms with E-state index < -0.39 is 0 Å². The van der Waals surface area contributed by atoms with Crippen LogP contribution in [0, 0.1) is 3.57 Å². The summed E-state index contributed by atoms with van der Waals surface area (Å²) in [7, 11) is 0. The van der Waals surface area contributed by atoms with Crippen molar-refractivity contribution in [3.8, 4) is 0 Å². The average molecular weight is 401 g/mol. The number of hydrogen-bond acceptors (Lipinski definition) is 1. The van der Waals surface area contributed by atoms with E-state index in [0.717, 1.165) is 19.2 Å². The molecule has 2 rings (SSSR count). The fourth-order valence-corrected chi connectivity index (χ4v) is 2.52. The van der Waals surface area contributed by atoms with Crippen LogP contribution in [0.15, 0.2) is 53.0 Å². The van der Waals surface area contributed by atoms with Gasteiger partial charge in [-0.05, 0) is 46.4 Å². The van der Waals surface area contributed by atoms with Gasteiger partial charge >= 0.3 is 0 Å². The minimum absolute atomic E-state index is 0.164. The first-order valence-corrected chi connectivity index (χ1v) is 7.06. The molecule has 0 fully saturated rings. The smallest absolute Gasteiger partial charge is 0.168 e. The van der Waals surface area contributed by atoms with Crippen LogP contribution in [-0.4, -0.2) is 5.78 Å². The normalized spacial score (nSPS) is 10.2. The van der Waals surface area contributed by atoms with Crippen molar-refractivity contribution in [2.75, 3.05) is 0 Å². The van der Waals surface area contributed by atoms with Crippen LogP contribution in [-0.2, 0) is 6.42 Å². The van der Waals surface area contributed by atoms with Crippen molar-refractivity contribution in [3.05, 3.63) is 67.7 Å². The van der Waals surface area contributed by atoms with Gasteiger partial charge in [0.1, 0.15) is 0 Å². The van der Waals surface area contributed by atoms with Crippen LogP contribution < -0.4 is 0 Å². The number of ketones is 1. The van der Waals surface area contributed by atoms with Crippen molar-refractivity contribution in [1.82, 2.24) is 0 Å². The molecule has 0 saturated carbocycles. The summed E-state index contributed by atoms with van der Waals surface area (Å²) >= 11 is 5.58. The topological polar surface area (TPSA) is 17.1 Å². The molecule has 86 valence electrons. The van der Waals surface area contributed by atoms with Crippen LogP contribution in [0.5, 0.6) is 0 Å². The van der Waals surface area contributed by atoms with Gasteiger partial charge in [-0.1, -0.05) is 46.3 Å². The van der Waals surface area contributed by atoms with E-state index in [2.05, 4.69) is 38.5 Å². The van der Waals surface area contributed by atoms with E-state index in [-0.39, 0.29) is 5.78 Å². The number of halogens is 2. The van der Waals surface area contributed by atoms with Crippen LogP contribution in [0.3, 0.4) is 0 Å². The summed E-state index contributed by atoms with van der Waals surface area (Å²) in [6, 6.07) is 15.5. The largest absolute Gasteiger partial charge is 0.294 e. The Morgan fingerprint density at radius 2 is 1.71 bits per heavy atom. The quantitative estimate of drug-likeness (QED) is 0.548. The van der Waals surface area contributed by atoms with E-state index in [1.165, 1.54) is 0 Å². The highest BCUT2D eigenvalue weighted by atomic mass is 127. The summed E-state index contributed by atoms with van der Waals surface area (Å²) < 4.78 is 2.04. The van der Waals surface area contributed by atoms with Crippen LogP contribution >= 0.6 is 38.5 Å². The van der Waals surface area contributed by atoms with Gasteiger partial charge in [0.15, 0.2) is 5.78 Å². The van der Waals surface area contributed by atoms with Gasteiger partial charge in [-0.2, -0.15) is 0 Å². The summed E-state index contributed by atoms with van der Waals surface area (Å²) in [5.41, 5.74) is 1.84. The Kier molecular flexibility index (Phi) is 4.34. The third-order valence-electron chi connectivity index (χ3n) is 2.45. The van der Waals surface area contributed by atoms with E-state index in [1.54, 1.807) is 0 Å². The van der Waals surface area contributed by atoms with Gasteiger partial charge in [-0.3, -0.25) is 4.79 Å². The van der Waals surface area contributed by atoms with E-state index >= 15 is 0 Å². The molecule has 2 aromatic rings. The van der Waals surface area contributed by atoms with Gasteiger partial charge in [0, 0.05) is 20.0 Å². The predicted octanol–water partition coefficient (Wildman–Crippen LogP) is 4.48. The molecule has 17 heavy (non-hydrogen) atoms. The fraction of sp³-hybridized carbons (Fsp3) is 0.0714. The molecule has 0 amide bonds. The Morgan fingerprint density at radius 1 is 1.06 bits per heavy atom. The average Bonchev–Trinajstić information content (AvgIpc) is 2.32. The monoisotopic (exact) mass is 400 g/mol. The van der Waals surface area contributed by atoms with Crippen LogP contribution in [0.2, 0.25) is 0 Å². The highest BCUT2D eigenvalue weighted by Gasteiger charge is 2.09. The van der Waals surface area contributed by atoms with Crippen LogP contribution in [0.4, 0.5) is 0 Å². The summed E-state index contributed by atoms with van der Waals surface area (Å²) in [5.74, 6) is 0.164. The summed E-state index contributed by atoms with van der Waals surface area (Å²) in [4.78, 5) is 12.1. The van der Waals surface area contributed by atoms with Gasteiger partial charge in [0.05, 0.1) is 0 Å². The van der Waals surface area contributed by atoms with Crippen molar-refractivity contribution in [2.45, 2.75) is 6.42 Å². The molecular weight excluding hydrogens is 391 g/mol. The highest BCUT2D eigenvalue weighted by molar-refractivity contribution is 14.1. The number of benzene rings is 2. The van der Waals surface area contributed by atoms with Gasteiger partial charge < -0.3 is 0 Å². The Bertz CT molecular complexity index is 534. The molecule has 1 nitrogen and oxygen atoms in total. The van der Waals surface area contributed by atoms with Crippen molar-refractivity contribution in [2.24, 2.45) is 0 Å². The number of carbonyl (C=O) groups is 1. The molecule has 0 saturated heterocycles. The lowest BCUT2D eigenvalue weighted by Gasteiger charge is -2.04. The van der Waals surface area contributed by atoms with Gasteiger partial charge in [-0.15, -0.1) is 0 Å². The first kappa shape index (κ1) is 12.8. The van der Waals surface area contributed by atoms with E-state index in [4.69, 9.17) is 0 Å². The summed E-state index contributed by atoms with van der Waals surface area (Å²) in [6.07, 6.45) is 0.452. The molecule has 0 bridgehead atoms. The Hall–Kier alpha value is -0.680. The predicted molar refractivity (Wildman–Crippen MR) is 81.3 cm³/mol. The third kappa shape index (κ3) is 3.39. The first-order chi connectivity index (χ1) is 8.16. The molecule has 0 atom stereocenters. The van der Waals surface area contributed by atoms with Crippen LogP contribution in [0.1, 0.15) is 15.9 Å². The van der Waals surface area contributed by atoms with Crippen molar-refractivity contribution in [3.63, 3.8) is 0 Å². The number of hydrogen-bond donors (Lipinski definition) is 0. The standard InChI is InChI=1S/C14H10BrIO/c15-11-7-5-10(6-8-11)9-14(17)12-3-1-2-4-13(12)16/h1-8H,9H2. The molecule has 2 aromatic carbocycles. The summed E-state index contributed by atoms with van der Waals surface area (Å²) in [6.45, 7) is 0. The molecule has 0 N–H and O–H groups in total. The minimum atomic E-state index is 0.164. The fourth-order valence-electron chi connectivity index (χ4n) is 1.57. The second-order valence-corrected chi connectivity index (χ2v) is 5.78. The SMILES string of the molecule is O=C(Cc1ccc(Br)cc1)c1ccccc1I. The van der Waals surface area contributed by atoms with Gasteiger partial charge in [0.25, 0.3) is 0 Å². The van der Waals surface area contributed by atoms with E-state index in [9.17, 15) is 4.79 Å². The van der Waals surface area contributed by atoms with Crippen molar-refractivity contribution >= 4 is 44.3 Å². The second-order valence-electron chi connectivity index (χ2n) is 3.71. The zero-order chi connectivity index (χ0) is 12.3. The van der Waals surface area contributed by atoms with Crippen LogP contribution in [0.25, 0.3) is 0 Å².